The van der Waals surface area contributed by atoms with Crippen molar-refractivity contribution >= 4 is 0 Å². The Bertz CT molecular complexity index is 372. The fraction of sp³-hybridized carbons (Fsp3) is 0.889. The highest BCUT2D eigenvalue weighted by Crippen LogP contribution is 2.33. The molecule has 1 aromatic rings. The normalized spacial score (nSPS) is 14.3. The topological polar surface area (TPSA) is 30.7 Å². The van der Waals surface area contributed by atoms with Gasteiger partial charge < -0.3 is 0 Å². The Morgan fingerprint density at radius 1 is 0.905 bits per heavy atom. The molecule has 0 bridgehead atoms. The lowest BCUT2D eigenvalue weighted by atomic mass is 9.79. The molecule has 1 rings (SSSR count). The van der Waals surface area contributed by atoms with Crippen LogP contribution in [0.3, 0.4) is 0 Å². The molecule has 122 valence electrons. The lowest BCUT2D eigenvalue weighted by Crippen LogP contribution is -2.26. The maximum atomic E-state index is 4.55. The van der Waals surface area contributed by atoms with E-state index in [1.165, 1.54) is 76.5 Å². The number of nitrogens with zero attached hydrogens (tertiary/aromatic N) is 3. The van der Waals surface area contributed by atoms with Gasteiger partial charge in [-0.05, 0) is 12.8 Å². The molecule has 0 aliphatic rings. The lowest BCUT2D eigenvalue weighted by Gasteiger charge is -2.28. The molecule has 0 radical (unpaired) electrons. The molecule has 0 spiro atoms. The van der Waals surface area contributed by atoms with Crippen LogP contribution in [0.25, 0.3) is 0 Å². The van der Waals surface area contributed by atoms with Crippen LogP contribution < -0.4 is 0 Å². The standard InChI is InChI=1S/C18H35N3/c1-5-7-9-11-13-15-18(3,14-12-10-8-6-2)17-19-16-20-21(17)4/h16H,5-15H2,1-4H3. The molecule has 1 atom stereocenters. The molecule has 0 aliphatic heterocycles. The average Bonchev–Trinajstić information content (AvgIpc) is 2.90. The van der Waals surface area contributed by atoms with E-state index in [1.807, 2.05) is 11.7 Å². The van der Waals surface area contributed by atoms with Crippen LogP contribution in [0, 0.1) is 0 Å². The van der Waals surface area contributed by atoms with Gasteiger partial charge in [-0.25, -0.2) is 4.98 Å². The number of rotatable bonds is 12. The van der Waals surface area contributed by atoms with Crippen molar-refractivity contribution < 1.29 is 0 Å². The maximum absolute atomic E-state index is 4.55. The first kappa shape index (κ1) is 18.2. The number of hydrogen-bond donors (Lipinski definition) is 0. The minimum absolute atomic E-state index is 0.200. The first-order valence-electron chi connectivity index (χ1n) is 8.98. The first-order valence-corrected chi connectivity index (χ1v) is 8.98. The van der Waals surface area contributed by atoms with Crippen LogP contribution in [-0.4, -0.2) is 14.8 Å². The maximum Gasteiger partial charge on any atom is 0.138 e. The molecule has 3 heteroatoms. The molecule has 21 heavy (non-hydrogen) atoms. The zero-order valence-electron chi connectivity index (χ0n) is 14.7. The van der Waals surface area contributed by atoms with Crippen LogP contribution in [-0.2, 0) is 12.5 Å². The second-order valence-electron chi connectivity index (χ2n) is 6.74. The summed E-state index contributed by atoms with van der Waals surface area (Å²) < 4.78 is 1.98. The zero-order valence-corrected chi connectivity index (χ0v) is 14.7. The lowest BCUT2D eigenvalue weighted by molar-refractivity contribution is 0.334. The highest BCUT2D eigenvalue weighted by atomic mass is 15.3. The van der Waals surface area contributed by atoms with Crippen molar-refractivity contribution in [3.05, 3.63) is 12.2 Å². The summed E-state index contributed by atoms with van der Waals surface area (Å²) in [5, 5.41) is 4.29. The molecule has 0 saturated carbocycles. The smallest absolute Gasteiger partial charge is 0.138 e. The average molecular weight is 293 g/mol. The van der Waals surface area contributed by atoms with Gasteiger partial charge in [-0.15, -0.1) is 0 Å². The molecule has 1 unspecified atom stereocenters. The minimum atomic E-state index is 0.200. The molecule has 0 fully saturated rings. The van der Waals surface area contributed by atoms with Gasteiger partial charge in [0.1, 0.15) is 12.2 Å². The van der Waals surface area contributed by atoms with E-state index in [0.717, 1.165) is 0 Å². The number of aryl methyl sites for hydroxylation is 1. The monoisotopic (exact) mass is 293 g/mol. The Labute approximate surface area is 131 Å². The molecule has 0 amide bonds. The van der Waals surface area contributed by atoms with E-state index in [-0.39, 0.29) is 5.41 Å². The Hall–Kier alpha value is -0.860. The van der Waals surface area contributed by atoms with Gasteiger partial charge >= 0.3 is 0 Å². The third kappa shape index (κ3) is 6.19. The largest absolute Gasteiger partial charge is 0.253 e. The molecule has 0 saturated heterocycles. The molecular weight excluding hydrogens is 258 g/mol. The Morgan fingerprint density at radius 3 is 1.90 bits per heavy atom. The first-order chi connectivity index (χ1) is 10.1. The summed E-state index contributed by atoms with van der Waals surface area (Å²) in [4.78, 5) is 4.55. The van der Waals surface area contributed by atoms with Gasteiger partial charge in [-0.3, -0.25) is 4.68 Å². The van der Waals surface area contributed by atoms with E-state index in [9.17, 15) is 0 Å². The van der Waals surface area contributed by atoms with Crippen LogP contribution in [0.5, 0.6) is 0 Å². The fourth-order valence-electron chi connectivity index (χ4n) is 3.25. The second-order valence-corrected chi connectivity index (χ2v) is 6.74. The summed E-state index contributed by atoms with van der Waals surface area (Å²) in [6, 6.07) is 0. The molecule has 1 aromatic heterocycles. The van der Waals surface area contributed by atoms with E-state index in [4.69, 9.17) is 0 Å². The van der Waals surface area contributed by atoms with E-state index in [1.54, 1.807) is 6.33 Å². The van der Waals surface area contributed by atoms with E-state index >= 15 is 0 Å². The van der Waals surface area contributed by atoms with Gasteiger partial charge in [0.2, 0.25) is 0 Å². The van der Waals surface area contributed by atoms with Crippen molar-refractivity contribution in [1.29, 1.82) is 0 Å². The quantitative estimate of drug-likeness (QED) is 0.483. The Kier molecular flexibility index (Phi) is 8.63. The van der Waals surface area contributed by atoms with Crippen LogP contribution in [0.15, 0.2) is 6.33 Å². The van der Waals surface area contributed by atoms with Gasteiger partial charge in [0.15, 0.2) is 0 Å². The third-order valence-electron chi connectivity index (χ3n) is 4.67. The number of aromatic nitrogens is 3. The second kappa shape index (κ2) is 9.97. The Balaban J connectivity index is 2.55. The summed E-state index contributed by atoms with van der Waals surface area (Å²) in [7, 11) is 2.03. The third-order valence-corrected chi connectivity index (χ3v) is 4.67. The summed E-state index contributed by atoms with van der Waals surface area (Å²) in [5.74, 6) is 1.18. The van der Waals surface area contributed by atoms with Crippen molar-refractivity contribution in [3.8, 4) is 0 Å². The predicted molar refractivity (Wildman–Crippen MR) is 90.5 cm³/mol. The SMILES string of the molecule is CCCCCCCC(C)(CCCCCC)c1ncnn1C. The van der Waals surface area contributed by atoms with Gasteiger partial charge in [0, 0.05) is 12.5 Å². The molecule has 0 aliphatic carbocycles. The van der Waals surface area contributed by atoms with Crippen LogP contribution in [0.2, 0.25) is 0 Å². The summed E-state index contributed by atoms with van der Waals surface area (Å²) >= 11 is 0. The highest BCUT2D eigenvalue weighted by Gasteiger charge is 2.30. The van der Waals surface area contributed by atoms with Crippen molar-refractivity contribution in [2.45, 2.75) is 96.8 Å². The summed E-state index contributed by atoms with van der Waals surface area (Å²) in [5.41, 5.74) is 0.200. The van der Waals surface area contributed by atoms with Gasteiger partial charge in [0.05, 0.1) is 0 Å². The highest BCUT2D eigenvalue weighted by molar-refractivity contribution is 5.05. The Morgan fingerprint density at radius 2 is 1.43 bits per heavy atom. The van der Waals surface area contributed by atoms with Gasteiger partial charge in [-0.1, -0.05) is 78.6 Å². The van der Waals surface area contributed by atoms with Crippen LogP contribution >= 0.6 is 0 Å². The van der Waals surface area contributed by atoms with E-state index < -0.39 is 0 Å². The zero-order chi connectivity index (χ0) is 15.6. The molecule has 1 heterocycles. The van der Waals surface area contributed by atoms with E-state index in [0.29, 0.717) is 0 Å². The van der Waals surface area contributed by atoms with E-state index in [2.05, 4.69) is 30.9 Å². The minimum Gasteiger partial charge on any atom is -0.253 e. The number of unbranched alkanes of at least 4 members (excludes halogenated alkanes) is 7. The summed E-state index contributed by atoms with van der Waals surface area (Å²) in [6.07, 6.45) is 16.2. The van der Waals surface area contributed by atoms with Crippen molar-refractivity contribution in [2.24, 2.45) is 7.05 Å². The van der Waals surface area contributed by atoms with Crippen molar-refractivity contribution in [2.75, 3.05) is 0 Å². The molecule has 3 nitrogen and oxygen atoms in total. The molecule has 0 aromatic carbocycles. The predicted octanol–water partition coefficient (Wildman–Crippen LogP) is 5.40. The van der Waals surface area contributed by atoms with Gasteiger partial charge in [-0.2, -0.15) is 5.10 Å². The fourth-order valence-corrected chi connectivity index (χ4v) is 3.25. The summed E-state index contributed by atoms with van der Waals surface area (Å²) in [6.45, 7) is 6.94. The molecular formula is C18H35N3. The molecule has 0 N–H and O–H groups in total. The van der Waals surface area contributed by atoms with Crippen LogP contribution in [0.4, 0.5) is 0 Å². The van der Waals surface area contributed by atoms with Gasteiger partial charge in [0.25, 0.3) is 0 Å². The van der Waals surface area contributed by atoms with Crippen molar-refractivity contribution in [1.82, 2.24) is 14.8 Å². The number of hydrogen-bond acceptors (Lipinski definition) is 2. The van der Waals surface area contributed by atoms with Crippen LogP contribution in [0.1, 0.15) is 97.2 Å². The van der Waals surface area contributed by atoms with Crippen molar-refractivity contribution in [3.63, 3.8) is 0 Å².